The molecule has 1 heterocycles. The van der Waals surface area contributed by atoms with Crippen molar-refractivity contribution in [3.8, 4) is 17.1 Å². The summed E-state index contributed by atoms with van der Waals surface area (Å²) in [6, 6.07) is 12.1. The van der Waals surface area contributed by atoms with Crippen molar-refractivity contribution in [3.63, 3.8) is 0 Å². The minimum Gasteiger partial charge on any atom is -0.495 e. The molecular formula is C21H24ClN3O4S. The van der Waals surface area contributed by atoms with E-state index in [9.17, 15) is 8.42 Å². The molecule has 0 fully saturated rings. The number of ether oxygens (including phenoxy) is 1. The van der Waals surface area contributed by atoms with Crippen molar-refractivity contribution < 1.29 is 17.7 Å². The summed E-state index contributed by atoms with van der Waals surface area (Å²) in [4.78, 5) is 4.37. The number of aromatic nitrogens is 2. The zero-order chi connectivity index (χ0) is 22.1. The topological polar surface area (TPSA) is 85.5 Å². The molecule has 0 amide bonds. The van der Waals surface area contributed by atoms with E-state index >= 15 is 0 Å². The number of sulfonamides is 1. The fraction of sp³-hybridized carbons (Fsp3) is 0.333. The van der Waals surface area contributed by atoms with Crippen molar-refractivity contribution in [3.05, 3.63) is 58.9 Å². The number of rotatable bonds is 6. The molecule has 2 aromatic carbocycles. The quantitative estimate of drug-likeness (QED) is 0.542. The molecule has 3 aromatic rings. The SMILES string of the molecule is COc1ccc(Cl)cc1S(=O)(=O)N(Cc1nc(-c2ccc(C)cc2)no1)C(C)(C)C. The normalized spacial score (nSPS) is 12.4. The molecule has 0 spiro atoms. The largest absolute Gasteiger partial charge is 0.495 e. The second-order valence-electron chi connectivity index (χ2n) is 7.86. The van der Waals surface area contributed by atoms with Gasteiger partial charge in [-0.1, -0.05) is 46.6 Å². The molecule has 0 atom stereocenters. The van der Waals surface area contributed by atoms with Gasteiger partial charge in [0.1, 0.15) is 10.6 Å². The van der Waals surface area contributed by atoms with Gasteiger partial charge in [0, 0.05) is 16.1 Å². The van der Waals surface area contributed by atoms with Gasteiger partial charge in [0.15, 0.2) is 0 Å². The molecule has 0 saturated carbocycles. The first-order valence-electron chi connectivity index (χ1n) is 9.28. The maximum atomic E-state index is 13.5. The second-order valence-corrected chi connectivity index (χ2v) is 10.1. The highest BCUT2D eigenvalue weighted by Crippen LogP contribution is 2.34. The lowest BCUT2D eigenvalue weighted by Crippen LogP contribution is -2.45. The van der Waals surface area contributed by atoms with Gasteiger partial charge in [-0.05, 0) is 45.9 Å². The Morgan fingerprint density at radius 1 is 1.13 bits per heavy atom. The third-order valence-corrected chi connectivity index (χ3v) is 6.87. The molecule has 0 aliphatic rings. The van der Waals surface area contributed by atoms with Gasteiger partial charge in [0.2, 0.25) is 21.7 Å². The van der Waals surface area contributed by atoms with Crippen molar-refractivity contribution in [1.82, 2.24) is 14.4 Å². The highest BCUT2D eigenvalue weighted by Gasteiger charge is 2.37. The predicted octanol–water partition coefficient (Wildman–Crippen LogP) is 4.70. The van der Waals surface area contributed by atoms with Gasteiger partial charge < -0.3 is 9.26 Å². The molecule has 0 unspecified atom stereocenters. The molecule has 30 heavy (non-hydrogen) atoms. The van der Waals surface area contributed by atoms with Gasteiger partial charge in [0.25, 0.3) is 0 Å². The van der Waals surface area contributed by atoms with E-state index in [0.29, 0.717) is 10.8 Å². The Morgan fingerprint density at radius 2 is 1.80 bits per heavy atom. The zero-order valence-electron chi connectivity index (χ0n) is 17.5. The van der Waals surface area contributed by atoms with E-state index in [2.05, 4.69) is 10.1 Å². The number of hydrogen-bond donors (Lipinski definition) is 0. The van der Waals surface area contributed by atoms with E-state index in [4.69, 9.17) is 20.9 Å². The molecule has 0 aliphatic heterocycles. The number of aryl methyl sites for hydroxylation is 1. The van der Waals surface area contributed by atoms with Gasteiger partial charge >= 0.3 is 0 Å². The van der Waals surface area contributed by atoms with Gasteiger partial charge in [-0.15, -0.1) is 0 Å². The summed E-state index contributed by atoms with van der Waals surface area (Å²) in [6.45, 7) is 7.26. The van der Waals surface area contributed by atoms with Crippen molar-refractivity contribution in [1.29, 1.82) is 0 Å². The molecule has 0 aliphatic carbocycles. The lowest BCUT2D eigenvalue weighted by atomic mass is 10.1. The number of nitrogens with zero attached hydrogens (tertiary/aromatic N) is 3. The Morgan fingerprint density at radius 3 is 2.40 bits per heavy atom. The molecule has 0 saturated heterocycles. The van der Waals surface area contributed by atoms with E-state index in [-0.39, 0.29) is 23.1 Å². The minimum absolute atomic E-state index is 0.0225. The maximum Gasteiger partial charge on any atom is 0.247 e. The number of hydrogen-bond acceptors (Lipinski definition) is 6. The van der Waals surface area contributed by atoms with Crippen LogP contribution < -0.4 is 4.74 Å². The number of halogens is 1. The lowest BCUT2D eigenvalue weighted by molar-refractivity contribution is 0.214. The smallest absolute Gasteiger partial charge is 0.247 e. The second kappa shape index (κ2) is 8.37. The first-order valence-corrected chi connectivity index (χ1v) is 11.1. The Hall–Kier alpha value is -2.42. The van der Waals surface area contributed by atoms with Crippen LogP contribution in [0.3, 0.4) is 0 Å². The summed E-state index contributed by atoms with van der Waals surface area (Å²) in [6.07, 6.45) is 0. The fourth-order valence-corrected chi connectivity index (χ4v) is 5.07. The van der Waals surface area contributed by atoms with Crippen molar-refractivity contribution in [2.24, 2.45) is 0 Å². The summed E-state index contributed by atoms with van der Waals surface area (Å²) in [5.74, 6) is 0.793. The van der Waals surface area contributed by atoms with E-state index < -0.39 is 15.6 Å². The van der Waals surface area contributed by atoms with Gasteiger partial charge in [-0.25, -0.2) is 8.42 Å². The van der Waals surface area contributed by atoms with Crippen molar-refractivity contribution in [2.45, 2.75) is 44.7 Å². The average Bonchev–Trinajstić information content (AvgIpc) is 3.14. The summed E-state index contributed by atoms with van der Waals surface area (Å²) < 4.78 is 39.0. The van der Waals surface area contributed by atoms with Crippen LogP contribution in [0.15, 0.2) is 51.9 Å². The van der Waals surface area contributed by atoms with Crippen LogP contribution in [0.5, 0.6) is 5.75 Å². The third-order valence-electron chi connectivity index (χ3n) is 4.50. The third kappa shape index (κ3) is 4.66. The summed E-state index contributed by atoms with van der Waals surface area (Å²) in [5, 5.41) is 4.29. The number of benzene rings is 2. The molecule has 1 aromatic heterocycles. The van der Waals surface area contributed by atoms with Gasteiger partial charge in [0.05, 0.1) is 13.7 Å². The Bertz CT molecular complexity index is 1140. The molecular weight excluding hydrogens is 426 g/mol. The monoisotopic (exact) mass is 449 g/mol. The van der Waals surface area contributed by atoms with Crippen LogP contribution in [-0.4, -0.2) is 35.5 Å². The molecule has 0 radical (unpaired) electrons. The van der Waals surface area contributed by atoms with E-state index in [1.165, 1.54) is 23.5 Å². The van der Waals surface area contributed by atoms with Crippen molar-refractivity contribution >= 4 is 21.6 Å². The zero-order valence-corrected chi connectivity index (χ0v) is 19.1. The van der Waals surface area contributed by atoms with E-state index in [1.54, 1.807) is 26.8 Å². The van der Waals surface area contributed by atoms with Crippen LogP contribution in [-0.2, 0) is 16.6 Å². The van der Waals surface area contributed by atoms with Gasteiger partial charge in [-0.2, -0.15) is 9.29 Å². The average molecular weight is 450 g/mol. The summed E-state index contributed by atoms with van der Waals surface area (Å²) >= 11 is 6.06. The van der Waals surface area contributed by atoms with Crippen LogP contribution >= 0.6 is 11.6 Å². The Labute approximate surface area is 181 Å². The molecule has 160 valence electrons. The van der Waals surface area contributed by atoms with Crippen LogP contribution in [0.25, 0.3) is 11.4 Å². The summed E-state index contributed by atoms with van der Waals surface area (Å²) in [5.41, 5.74) is 1.13. The first-order chi connectivity index (χ1) is 14.0. The highest BCUT2D eigenvalue weighted by atomic mass is 35.5. The first kappa shape index (κ1) is 22.3. The van der Waals surface area contributed by atoms with E-state index in [1.807, 2.05) is 31.2 Å². The standard InChI is InChI=1S/C21H24ClN3O4S/c1-14-6-8-15(9-7-14)20-23-19(29-24-20)13-25(21(2,3)4)30(26,27)18-12-16(22)10-11-17(18)28-5/h6-12H,13H2,1-5H3. The fourth-order valence-electron chi connectivity index (χ4n) is 2.92. The van der Waals surface area contributed by atoms with Crippen LogP contribution in [0.4, 0.5) is 0 Å². The highest BCUT2D eigenvalue weighted by molar-refractivity contribution is 7.89. The maximum absolute atomic E-state index is 13.5. The van der Waals surface area contributed by atoms with Crippen molar-refractivity contribution in [2.75, 3.05) is 7.11 Å². The molecule has 9 heteroatoms. The Kier molecular flexibility index (Phi) is 6.21. The molecule has 0 bridgehead atoms. The van der Waals surface area contributed by atoms with Crippen LogP contribution in [0, 0.1) is 6.92 Å². The predicted molar refractivity (Wildman–Crippen MR) is 115 cm³/mol. The van der Waals surface area contributed by atoms with Crippen LogP contribution in [0.1, 0.15) is 32.2 Å². The van der Waals surface area contributed by atoms with Crippen LogP contribution in [0.2, 0.25) is 5.02 Å². The molecule has 0 N–H and O–H groups in total. The minimum atomic E-state index is -3.99. The van der Waals surface area contributed by atoms with E-state index in [0.717, 1.165) is 11.1 Å². The van der Waals surface area contributed by atoms with Gasteiger partial charge in [-0.3, -0.25) is 0 Å². The molecule has 3 rings (SSSR count). The summed E-state index contributed by atoms with van der Waals surface area (Å²) in [7, 11) is -2.57. The lowest BCUT2D eigenvalue weighted by Gasteiger charge is -2.33. The Balaban J connectivity index is 1.99. The number of methoxy groups -OCH3 is 1. The molecule has 7 nitrogen and oxygen atoms in total.